The van der Waals surface area contributed by atoms with E-state index in [0.29, 0.717) is 24.4 Å². The largest absolute Gasteiger partial charge is 0.407 e. The maximum Gasteiger partial charge on any atom is 0.317 e. The molecular formula is C9H18N4O. The van der Waals surface area contributed by atoms with Gasteiger partial charge in [0.1, 0.15) is 0 Å². The number of nitrogens with zero attached hydrogens (tertiary/aromatic N) is 3. The molecule has 0 fully saturated rings. The van der Waals surface area contributed by atoms with Crippen LogP contribution >= 0.6 is 0 Å². The van der Waals surface area contributed by atoms with Crippen LogP contribution in [0.4, 0.5) is 6.01 Å². The second-order valence-electron chi connectivity index (χ2n) is 3.78. The molecule has 0 spiro atoms. The lowest BCUT2D eigenvalue weighted by atomic mass is 10.2. The third-order valence-electron chi connectivity index (χ3n) is 1.75. The minimum absolute atomic E-state index is 0.583. The van der Waals surface area contributed by atoms with Gasteiger partial charge in [-0.2, -0.15) is 0 Å². The Morgan fingerprint density at radius 2 is 2.14 bits per heavy atom. The zero-order chi connectivity index (χ0) is 10.6. The van der Waals surface area contributed by atoms with E-state index < -0.39 is 0 Å². The van der Waals surface area contributed by atoms with Crippen molar-refractivity contribution in [3.8, 4) is 0 Å². The first-order chi connectivity index (χ1) is 6.63. The first-order valence-corrected chi connectivity index (χ1v) is 4.81. The van der Waals surface area contributed by atoms with Crippen LogP contribution in [-0.4, -0.2) is 30.8 Å². The summed E-state index contributed by atoms with van der Waals surface area (Å²) in [5.74, 6) is 1.21. The molecule has 0 aliphatic carbocycles. The standard InChI is InChI=1S/C9H18N4O/c1-7(2)6-13(4)9-12-11-8(14-9)5-10-3/h7,10H,5-6H2,1-4H3. The Morgan fingerprint density at radius 1 is 1.43 bits per heavy atom. The smallest absolute Gasteiger partial charge is 0.317 e. The van der Waals surface area contributed by atoms with E-state index in [9.17, 15) is 0 Å². The van der Waals surface area contributed by atoms with Gasteiger partial charge >= 0.3 is 6.01 Å². The van der Waals surface area contributed by atoms with Crippen molar-refractivity contribution < 1.29 is 4.42 Å². The number of anilines is 1. The SMILES string of the molecule is CNCc1nnc(N(C)CC(C)C)o1. The molecule has 80 valence electrons. The van der Waals surface area contributed by atoms with Gasteiger partial charge in [0.2, 0.25) is 5.89 Å². The maximum absolute atomic E-state index is 5.43. The number of rotatable bonds is 5. The molecule has 1 aromatic rings. The molecule has 0 bridgehead atoms. The van der Waals surface area contributed by atoms with Crippen molar-refractivity contribution in [3.05, 3.63) is 5.89 Å². The van der Waals surface area contributed by atoms with Crippen LogP contribution in [0.15, 0.2) is 4.42 Å². The Balaban J connectivity index is 2.57. The summed E-state index contributed by atoms with van der Waals surface area (Å²) >= 11 is 0. The lowest BCUT2D eigenvalue weighted by Gasteiger charge is -2.15. The third kappa shape index (κ3) is 2.99. The molecule has 0 atom stereocenters. The van der Waals surface area contributed by atoms with Crippen molar-refractivity contribution in [2.45, 2.75) is 20.4 Å². The van der Waals surface area contributed by atoms with Gasteiger partial charge in [0.25, 0.3) is 0 Å². The normalized spacial score (nSPS) is 10.9. The number of hydrogen-bond donors (Lipinski definition) is 1. The highest BCUT2D eigenvalue weighted by atomic mass is 16.4. The zero-order valence-corrected chi connectivity index (χ0v) is 9.24. The van der Waals surface area contributed by atoms with Crippen LogP contribution < -0.4 is 10.2 Å². The fourth-order valence-electron chi connectivity index (χ4n) is 1.25. The van der Waals surface area contributed by atoms with Crippen molar-refractivity contribution in [1.29, 1.82) is 0 Å². The Labute approximate surface area is 84.5 Å². The molecule has 0 saturated carbocycles. The van der Waals surface area contributed by atoms with Crippen LogP contribution in [0.5, 0.6) is 0 Å². The zero-order valence-electron chi connectivity index (χ0n) is 9.24. The van der Waals surface area contributed by atoms with E-state index in [1.165, 1.54) is 0 Å². The van der Waals surface area contributed by atoms with E-state index in [1.807, 2.05) is 19.0 Å². The molecule has 0 aliphatic rings. The van der Waals surface area contributed by atoms with Gasteiger partial charge in [-0.05, 0) is 13.0 Å². The quantitative estimate of drug-likeness (QED) is 0.761. The van der Waals surface area contributed by atoms with Crippen LogP contribution in [0.1, 0.15) is 19.7 Å². The van der Waals surface area contributed by atoms with Gasteiger partial charge in [-0.15, -0.1) is 5.10 Å². The number of hydrogen-bond acceptors (Lipinski definition) is 5. The molecule has 0 amide bonds. The molecule has 1 heterocycles. The Bertz CT molecular complexity index is 272. The van der Waals surface area contributed by atoms with Gasteiger partial charge < -0.3 is 14.6 Å². The number of nitrogens with one attached hydrogen (secondary N) is 1. The summed E-state index contributed by atoms with van der Waals surface area (Å²) in [5.41, 5.74) is 0. The van der Waals surface area contributed by atoms with Crippen LogP contribution in [0.25, 0.3) is 0 Å². The molecule has 1 aromatic heterocycles. The highest BCUT2D eigenvalue weighted by Crippen LogP contribution is 2.11. The van der Waals surface area contributed by atoms with Crippen molar-refractivity contribution in [2.24, 2.45) is 5.92 Å². The van der Waals surface area contributed by atoms with E-state index in [2.05, 4.69) is 29.4 Å². The van der Waals surface area contributed by atoms with Crippen LogP contribution in [0, 0.1) is 5.92 Å². The van der Waals surface area contributed by atoms with Gasteiger partial charge in [0.15, 0.2) is 0 Å². The summed E-state index contributed by atoms with van der Waals surface area (Å²) in [4.78, 5) is 1.97. The second-order valence-corrected chi connectivity index (χ2v) is 3.78. The van der Waals surface area contributed by atoms with Crippen molar-refractivity contribution in [3.63, 3.8) is 0 Å². The molecule has 5 nitrogen and oxygen atoms in total. The molecule has 0 radical (unpaired) electrons. The summed E-state index contributed by atoms with van der Waals surface area (Å²) in [6, 6.07) is 0.587. The Hall–Kier alpha value is -1.10. The molecule has 1 N–H and O–H groups in total. The molecule has 0 saturated heterocycles. The van der Waals surface area contributed by atoms with Crippen LogP contribution in [0.2, 0.25) is 0 Å². The summed E-state index contributed by atoms with van der Waals surface area (Å²) in [6.45, 7) is 5.84. The summed E-state index contributed by atoms with van der Waals surface area (Å²) < 4.78 is 5.43. The van der Waals surface area contributed by atoms with E-state index in [-0.39, 0.29) is 0 Å². The van der Waals surface area contributed by atoms with E-state index in [0.717, 1.165) is 6.54 Å². The maximum atomic E-state index is 5.43. The summed E-state index contributed by atoms with van der Waals surface area (Å²) in [6.07, 6.45) is 0. The van der Waals surface area contributed by atoms with E-state index in [4.69, 9.17) is 4.42 Å². The fraction of sp³-hybridized carbons (Fsp3) is 0.778. The predicted octanol–water partition coefficient (Wildman–Crippen LogP) is 0.881. The molecule has 1 rings (SSSR count). The summed E-state index contributed by atoms with van der Waals surface area (Å²) in [7, 11) is 3.80. The highest BCUT2D eigenvalue weighted by molar-refractivity contribution is 5.21. The van der Waals surface area contributed by atoms with Crippen molar-refractivity contribution >= 4 is 6.01 Å². The second kappa shape index (κ2) is 4.95. The molecule has 5 heteroatoms. The Morgan fingerprint density at radius 3 is 2.71 bits per heavy atom. The monoisotopic (exact) mass is 198 g/mol. The molecular weight excluding hydrogens is 180 g/mol. The van der Waals surface area contributed by atoms with Crippen molar-refractivity contribution in [1.82, 2.24) is 15.5 Å². The Kier molecular flexibility index (Phi) is 3.88. The lowest BCUT2D eigenvalue weighted by molar-refractivity contribution is 0.468. The predicted molar refractivity (Wildman–Crippen MR) is 55.2 cm³/mol. The van der Waals surface area contributed by atoms with Gasteiger partial charge in [0, 0.05) is 13.6 Å². The average Bonchev–Trinajstić information content (AvgIpc) is 2.52. The fourth-order valence-corrected chi connectivity index (χ4v) is 1.25. The topological polar surface area (TPSA) is 54.2 Å². The molecule has 0 unspecified atom stereocenters. The number of aromatic nitrogens is 2. The van der Waals surface area contributed by atoms with Gasteiger partial charge in [0.05, 0.1) is 6.54 Å². The highest BCUT2D eigenvalue weighted by Gasteiger charge is 2.10. The molecule has 14 heavy (non-hydrogen) atoms. The minimum Gasteiger partial charge on any atom is -0.407 e. The van der Waals surface area contributed by atoms with Crippen molar-refractivity contribution in [2.75, 3.05) is 25.5 Å². The van der Waals surface area contributed by atoms with E-state index >= 15 is 0 Å². The van der Waals surface area contributed by atoms with Gasteiger partial charge in [-0.25, -0.2) is 0 Å². The first-order valence-electron chi connectivity index (χ1n) is 4.81. The average molecular weight is 198 g/mol. The van der Waals surface area contributed by atoms with Gasteiger partial charge in [-0.3, -0.25) is 0 Å². The van der Waals surface area contributed by atoms with E-state index in [1.54, 1.807) is 0 Å². The molecule has 0 aliphatic heterocycles. The molecule has 0 aromatic carbocycles. The summed E-state index contributed by atoms with van der Waals surface area (Å²) in [5, 5.41) is 10.8. The van der Waals surface area contributed by atoms with Crippen LogP contribution in [-0.2, 0) is 6.54 Å². The lowest BCUT2D eigenvalue weighted by Crippen LogP contribution is -2.22. The minimum atomic E-state index is 0.583. The first kappa shape index (κ1) is 11.0. The van der Waals surface area contributed by atoms with Crippen LogP contribution in [0.3, 0.4) is 0 Å². The third-order valence-corrected chi connectivity index (χ3v) is 1.75. The van der Waals surface area contributed by atoms with Gasteiger partial charge in [-0.1, -0.05) is 18.9 Å².